The van der Waals surface area contributed by atoms with Crippen LogP contribution >= 0.6 is 27.5 Å². The van der Waals surface area contributed by atoms with Gasteiger partial charge in [-0.25, -0.2) is 0 Å². The van der Waals surface area contributed by atoms with Crippen LogP contribution in [0.2, 0.25) is 0 Å². The van der Waals surface area contributed by atoms with Crippen molar-refractivity contribution < 1.29 is 25.8 Å². The Morgan fingerprint density at radius 3 is 2.21 bits per heavy atom. The van der Waals surface area contributed by atoms with Crippen LogP contribution in [0.15, 0.2) is 0 Å². The van der Waals surface area contributed by atoms with E-state index < -0.39 is 28.2 Å². The number of hydrogen-bond acceptors (Lipinski definition) is 3. The van der Waals surface area contributed by atoms with E-state index in [1.807, 2.05) is 0 Å². The van der Waals surface area contributed by atoms with Gasteiger partial charge in [-0.05, 0) is 0 Å². The average Bonchev–Trinajstić information content (AvgIpc) is 2.04. The van der Waals surface area contributed by atoms with Crippen LogP contribution in [-0.2, 0) is 14.3 Å². The summed E-state index contributed by atoms with van der Waals surface area (Å²) in [6, 6.07) is 0. The quantitative estimate of drug-likeness (QED) is 0.443. The van der Waals surface area contributed by atoms with Gasteiger partial charge >= 0.3 is 15.6 Å². The molecule has 0 aromatic heterocycles. The van der Waals surface area contributed by atoms with Gasteiger partial charge in [-0.3, -0.25) is 4.18 Å². The summed E-state index contributed by atoms with van der Waals surface area (Å²) in [5.41, 5.74) is -5.38. The lowest BCUT2D eigenvalue weighted by atomic mass is 10.2. The van der Waals surface area contributed by atoms with Gasteiger partial charge in [0.1, 0.15) is 0 Å². The molecule has 0 aliphatic rings. The highest BCUT2D eigenvalue weighted by atomic mass is 79.9. The molecule has 0 fully saturated rings. The molecule has 0 aromatic carbocycles. The fraction of sp³-hybridized carbons (Fsp3) is 1.00. The van der Waals surface area contributed by atoms with Crippen molar-refractivity contribution >= 4 is 37.6 Å². The highest BCUT2D eigenvalue weighted by molar-refractivity contribution is 9.09. The lowest BCUT2D eigenvalue weighted by Gasteiger charge is -2.12. The second kappa shape index (κ2) is 5.53. The third-order valence-corrected chi connectivity index (χ3v) is 3.54. The van der Waals surface area contributed by atoms with Gasteiger partial charge in [0, 0.05) is 17.1 Å². The predicted molar refractivity (Wildman–Crippen MR) is 48.9 cm³/mol. The Morgan fingerprint density at radius 2 is 1.93 bits per heavy atom. The molecule has 1 unspecified atom stereocenters. The Kier molecular flexibility index (Phi) is 5.71. The first-order valence-corrected chi connectivity index (χ1v) is 6.38. The molecule has 1 atom stereocenters. The number of hydrogen-bond donors (Lipinski definition) is 0. The molecule has 0 saturated carbocycles. The van der Waals surface area contributed by atoms with Crippen molar-refractivity contribution in [3.63, 3.8) is 0 Å². The van der Waals surface area contributed by atoms with Crippen LogP contribution in [0, 0.1) is 5.92 Å². The Bertz CT molecular complexity index is 262. The minimum absolute atomic E-state index is 0.0125. The summed E-state index contributed by atoms with van der Waals surface area (Å²) < 4.78 is 59.7. The van der Waals surface area contributed by atoms with Crippen molar-refractivity contribution in [3.8, 4) is 0 Å². The van der Waals surface area contributed by atoms with Crippen molar-refractivity contribution in [1.82, 2.24) is 0 Å². The molecule has 0 bridgehead atoms. The molecule has 0 saturated heterocycles. The van der Waals surface area contributed by atoms with Gasteiger partial charge in [0.25, 0.3) is 0 Å². The van der Waals surface area contributed by atoms with E-state index in [0.29, 0.717) is 0 Å². The number of halogens is 5. The summed E-state index contributed by atoms with van der Waals surface area (Å²) in [5, 5.41) is 0.268. The zero-order valence-electron chi connectivity index (χ0n) is 6.72. The van der Waals surface area contributed by atoms with Crippen molar-refractivity contribution in [2.24, 2.45) is 5.92 Å². The van der Waals surface area contributed by atoms with E-state index >= 15 is 0 Å². The first kappa shape index (κ1) is 14.5. The Labute approximate surface area is 92.8 Å². The SMILES string of the molecule is O=S(=O)(OCC(CCl)CBr)C(F)(F)F. The number of rotatable bonds is 5. The molecule has 0 amide bonds. The molecule has 0 radical (unpaired) electrons. The zero-order chi connectivity index (χ0) is 11.4. The van der Waals surface area contributed by atoms with Crippen LogP contribution in [0.5, 0.6) is 0 Å². The molecule has 0 aliphatic carbocycles. The number of alkyl halides is 5. The summed E-state index contributed by atoms with van der Waals surface area (Å²) in [7, 11) is -5.49. The summed E-state index contributed by atoms with van der Waals surface area (Å²) >= 11 is 8.28. The van der Waals surface area contributed by atoms with Crippen LogP contribution in [0.4, 0.5) is 13.2 Å². The lowest BCUT2D eigenvalue weighted by Crippen LogP contribution is -2.28. The summed E-state index contributed by atoms with van der Waals surface area (Å²) in [4.78, 5) is 0. The first-order chi connectivity index (χ1) is 6.24. The van der Waals surface area contributed by atoms with Crippen molar-refractivity contribution in [3.05, 3.63) is 0 Å². The fourth-order valence-electron chi connectivity index (χ4n) is 0.383. The van der Waals surface area contributed by atoms with Crippen molar-refractivity contribution in [2.45, 2.75) is 5.51 Å². The molecule has 0 rings (SSSR count). The van der Waals surface area contributed by atoms with Gasteiger partial charge in [-0.15, -0.1) is 11.6 Å². The molecular weight excluding hydrogens is 312 g/mol. The van der Waals surface area contributed by atoms with Gasteiger partial charge in [0.2, 0.25) is 0 Å². The Balaban J connectivity index is 4.27. The highest BCUT2D eigenvalue weighted by Crippen LogP contribution is 2.25. The van der Waals surface area contributed by atoms with Gasteiger partial charge in [-0.2, -0.15) is 21.6 Å². The Morgan fingerprint density at radius 1 is 1.43 bits per heavy atom. The molecule has 0 aliphatic heterocycles. The zero-order valence-corrected chi connectivity index (χ0v) is 9.88. The fourth-order valence-corrected chi connectivity index (χ4v) is 1.77. The molecule has 0 aromatic rings. The molecule has 0 heterocycles. The summed E-state index contributed by atoms with van der Waals surface area (Å²) in [6.45, 7) is -0.587. The topological polar surface area (TPSA) is 43.4 Å². The van der Waals surface area contributed by atoms with E-state index in [1.165, 1.54) is 0 Å². The monoisotopic (exact) mass is 318 g/mol. The third-order valence-electron chi connectivity index (χ3n) is 1.18. The highest BCUT2D eigenvalue weighted by Gasteiger charge is 2.47. The van der Waals surface area contributed by atoms with E-state index in [4.69, 9.17) is 11.6 Å². The molecule has 9 heteroatoms. The van der Waals surface area contributed by atoms with Crippen LogP contribution < -0.4 is 0 Å². The maximum Gasteiger partial charge on any atom is 0.523 e. The second-order valence-corrected chi connectivity index (χ2v) is 4.92. The summed E-state index contributed by atoms with van der Waals surface area (Å²) in [5.74, 6) is -0.465. The van der Waals surface area contributed by atoms with Crippen LogP contribution in [0.25, 0.3) is 0 Å². The minimum atomic E-state index is -5.49. The van der Waals surface area contributed by atoms with Gasteiger partial charge in [0.15, 0.2) is 0 Å². The largest absolute Gasteiger partial charge is 0.523 e. The molecule has 86 valence electrons. The van der Waals surface area contributed by atoms with E-state index in [2.05, 4.69) is 20.1 Å². The van der Waals surface area contributed by atoms with E-state index in [1.54, 1.807) is 0 Å². The maximum absolute atomic E-state index is 11.7. The van der Waals surface area contributed by atoms with Crippen LogP contribution in [0.3, 0.4) is 0 Å². The van der Waals surface area contributed by atoms with E-state index in [-0.39, 0.29) is 11.2 Å². The van der Waals surface area contributed by atoms with E-state index in [0.717, 1.165) is 0 Å². The lowest BCUT2D eigenvalue weighted by molar-refractivity contribution is -0.0547. The van der Waals surface area contributed by atoms with Crippen LogP contribution in [0.1, 0.15) is 0 Å². The van der Waals surface area contributed by atoms with Crippen LogP contribution in [-0.4, -0.2) is 31.7 Å². The standard InChI is InChI=1S/C5H7BrClF3O3S/c6-1-4(2-7)3-13-14(11,12)5(8,9)10/h4H,1-3H2. The predicted octanol–water partition coefficient (Wildman–Crippen LogP) is 2.10. The second-order valence-electron chi connectivity index (χ2n) is 2.36. The van der Waals surface area contributed by atoms with Crippen molar-refractivity contribution in [2.75, 3.05) is 17.8 Å². The maximum atomic E-state index is 11.7. The van der Waals surface area contributed by atoms with Crippen molar-refractivity contribution in [1.29, 1.82) is 0 Å². The molecule has 14 heavy (non-hydrogen) atoms. The summed E-state index contributed by atoms with van der Waals surface area (Å²) in [6.07, 6.45) is 0. The molecular formula is C5H7BrClF3O3S. The molecule has 0 spiro atoms. The van der Waals surface area contributed by atoms with Gasteiger partial charge in [-0.1, -0.05) is 15.9 Å². The van der Waals surface area contributed by atoms with Gasteiger partial charge < -0.3 is 0 Å². The van der Waals surface area contributed by atoms with Gasteiger partial charge in [0.05, 0.1) is 6.61 Å². The molecule has 3 nitrogen and oxygen atoms in total. The average molecular weight is 320 g/mol. The smallest absolute Gasteiger partial charge is 0.263 e. The molecule has 0 N–H and O–H groups in total. The normalized spacial score (nSPS) is 15.5. The Hall–Kier alpha value is 0.470. The first-order valence-electron chi connectivity index (χ1n) is 3.32. The third kappa shape index (κ3) is 4.33. The van der Waals surface area contributed by atoms with E-state index in [9.17, 15) is 21.6 Å². The minimum Gasteiger partial charge on any atom is -0.263 e.